The molecule has 1 aromatic heterocycles. The zero-order valence-corrected chi connectivity index (χ0v) is 11.3. The number of aliphatic hydroxyl groups is 1. The summed E-state index contributed by atoms with van der Waals surface area (Å²) in [6.07, 6.45) is 0.546. The predicted octanol–water partition coefficient (Wildman–Crippen LogP) is 1.85. The number of nitrogens with one attached hydrogen (secondary N) is 2. The van der Waals surface area contributed by atoms with Crippen molar-refractivity contribution in [2.24, 2.45) is 11.8 Å². The zero-order chi connectivity index (χ0) is 14.6. The van der Waals surface area contributed by atoms with Crippen LogP contribution in [0, 0.1) is 17.6 Å². The zero-order valence-electron chi connectivity index (χ0n) is 11.3. The van der Waals surface area contributed by atoms with E-state index in [1.54, 1.807) is 6.92 Å². The van der Waals surface area contributed by atoms with Gasteiger partial charge in [-0.2, -0.15) is 0 Å². The number of hydrogen-bond donors (Lipinski definition) is 4. The number of nitrogens with two attached hydrogens (primary N) is 1. The molecule has 0 aliphatic carbocycles. The molecule has 7 heteroatoms. The van der Waals surface area contributed by atoms with Gasteiger partial charge >= 0.3 is 0 Å². The molecule has 5 nitrogen and oxygen atoms in total. The second kappa shape index (κ2) is 6.12. The summed E-state index contributed by atoms with van der Waals surface area (Å²) >= 11 is 0. The van der Waals surface area contributed by atoms with Gasteiger partial charge in [-0.3, -0.25) is 0 Å². The monoisotopic (exact) mass is 274 g/mol. The fourth-order valence-corrected chi connectivity index (χ4v) is 1.92. The van der Waals surface area contributed by atoms with E-state index in [0.29, 0.717) is 18.4 Å². The topological polar surface area (TPSA) is 83.2 Å². The smallest absolute Gasteiger partial charge is 0.178 e. The summed E-state index contributed by atoms with van der Waals surface area (Å²) in [4.78, 5) is 3.66. The number of hydrogen-bond acceptors (Lipinski definition) is 5. The highest BCUT2D eigenvalue weighted by Crippen LogP contribution is 2.21. The Hall–Kier alpha value is -1.47. The molecule has 1 atom stereocenters. The van der Waals surface area contributed by atoms with Crippen LogP contribution in [0.25, 0.3) is 0 Å². The molecule has 0 spiro atoms. The molecule has 1 rings (SSSR count). The fraction of sp³-hybridized carbons (Fsp3) is 0.583. The van der Waals surface area contributed by atoms with Crippen LogP contribution in [0.15, 0.2) is 6.07 Å². The molecule has 108 valence electrons. The van der Waals surface area contributed by atoms with Crippen LogP contribution >= 0.6 is 0 Å². The highest BCUT2D eigenvalue weighted by molar-refractivity contribution is 5.47. The predicted molar refractivity (Wildman–Crippen MR) is 70.5 cm³/mol. The molecule has 1 unspecified atom stereocenters. The van der Waals surface area contributed by atoms with E-state index in [0.717, 1.165) is 0 Å². The van der Waals surface area contributed by atoms with Gasteiger partial charge in [-0.1, -0.05) is 13.8 Å². The molecule has 0 radical (unpaired) electrons. The number of nitrogens with zero attached hydrogens (tertiary/aromatic N) is 1. The Morgan fingerprint density at radius 1 is 1.37 bits per heavy atom. The molecule has 19 heavy (non-hydrogen) atoms. The lowest BCUT2D eigenvalue weighted by molar-refractivity contribution is 0.0514. The Balaban J connectivity index is 2.77. The van der Waals surface area contributed by atoms with Gasteiger partial charge in [0.2, 0.25) is 0 Å². The van der Waals surface area contributed by atoms with Gasteiger partial charge in [-0.15, -0.1) is 0 Å². The number of pyridine rings is 1. The normalized spacial score (nSPS) is 14.3. The standard InChI is InChI=1S/C12H20F2N4O/c1-7(2)5-12(3,19)6-16-10-8(13)4-9(14)11(17-10)18-15/h4,7,19H,5-6,15H2,1-3H3,(H2,16,17,18). The molecule has 5 N–H and O–H groups in total. The average molecular weight is 274 g/mol. The van der Waals surface area contributed by atoms with Crippen LogP contribution in [0.5, 0.6) is 0 Å². The van der Waals surface area contributed by atoms with E-state index in [1.807, 2.05) is 19.3 Å². The summed E-state index contributed by atoms with van der Waals surface area (Å²) in [6, 6.07) is 0.682. The maximum Gasteiger partial charge on any atom is 0.178 e. The van der Waals surface area contributed by atoms with Crippen LogP contribution in [-0.2, 0) is 0 Å². The van der Waals surface area contributed by atoms with Gasteiger partial charge in [-0.25, -0.2) is 19.6 Å². The first-order valence-corrected chi connectivity index (χ1v) is 6.04. The van der Waals surface area contributed by atoms with E-state index in [9.17, 15) is 13.9 Å². The van der Waals surface area contributed by atoms with Crippen LogP contribution < -0.4 is 16.6 Å². The third-order valence-corrected chi connectivity index (χ3v) is 2.55. The van der Waals surface area contributed by atoms with Crippen LogP contribution in [-0.4, -0.2) is 22.2 Å². The van der Waals surface area contributed by atoms with Crippen molar-refractivity contribution in [3.05, 3.63) is 17.7 Å². The summed E-state index contributed by atoms with van der Waals surface area (Å²) in [7, 11) is 0. The first-order chi connectivity index (χ1) is 8.75. The second-order valence-electron chi connectivity index (χ2n) is 5.24. The maximum atomic E-state index is 13.5. The van der Waals surface area contributed by atoms with E-state index in [2.05, 4.69) is 10.3 Å². The van der Waals surface area contributed by atoms with Crippen molar-refractivity contribution < 1.29 is 13.9 Å². The summed E-state index contributed by atoms with van der Waals surface area (Å²) in [5, 5.41) is 12.8. The molecule has 0 aliphatic rings. The van der Waals surface area contributed by atoms with Crippen molar-refractivity contribution in [2.45, 2.75) is 32.8 Å². The van der Waals surface area contributed by atoms with Crippen molar-refractivity contribution in [1.29, 1.82) is 0 Å². The van der Waals surface area contributed by atoms with Crippen LogP contribution in [0.2, 0.25) is 0 Å². The van der Waals surface area contributed by atoms with Crippen molar-refractivity contribution in [3.8, 4) is 0 Å². The molecule has 1 aromatic rings. The molecule has 0 saturated carbocycles. The number of anilines is 2. The minimum atomic E-state index is -1.01. The highest BCUT2D eigenvalue weighted by Gasteiger charge is 2.22. The van der Waals surface area contributed by atoms with Gasteiger partial charge in [0.05, 0.1) is 5.60 Å². The molecule has 0 saturated heterocycles. The van der Waals surface area contributed by atoms with E-state index in [4.69, 9.17) is 5.84 Å². The van der Waals surface area contributed by atoms with Gasteiger partial charge in [-0.05, 0) is 19.3 Å². The maximum absolute atomic E-state index is 13.5. The van der Waals surface area contributed by atoms with E-state index < -0.39 is 17.2 Å². The van der Waals surface area contributed by atoms with Crippen molar-refractivity contribution in [1.82, 2.24) is 4.98 Å². The fourth-order valence-electron chi connectivity index (χ4n) is 1.92. The van der Waals surface area contributed by atoms with Crippen molar-refractivity contribution in [3.63, 3.8) is 0 Å². The van der Waals surface area contributed by atoms with Gasteiger partial charge in [0.25, 0.3) is 0 Å². The minimum Gasteiger partial charge on any atom is -0.388 e. The highest BCUT2D eigenvalue weighted by atomic mass is 19.1. The lowest BCUT2D eigenvalue weighted by Gasteiger charge is -2.26. The van der Waals surface area contributed by atoms with Gasteiger partial charge < -0.3 is 15.8 Å². The van der Waals surface area contributed by atoms with Crippen LogP contribution in [0.4, 0.5) is 20.4 Å². The SMILES string of the molecule is CC(C)CC(C)(O)CNc1nc(NN)c(F)cc1F. The number of halogens is 2. The first kappa shape index (κ1) is 15.6. The lowest BCUT2D eigenvalue weighted by atomic mass is 9.94. The molecule has 0 aliphatic heterocycles. The first-order valence-electron chi connectivity index (χ1n) is 6.04. The number of aromatic nitrogens is 1. The second-order valence-corrected chi connectivity index (χ2v) is 5.24. The van der Waals surface area contributed by atoms with E-state index in [-0.39, 0.29) is 18.2 Å². The average Bonchev–Trinajstić information content (AvgIpc) is 2.26. The van der Waals surface area contributed by atoms with Crippen molar-refractivity contribution >= 4 is 11.6 Å². The largest absolute Gasteiger partial charge is 0.388 e. The molecular formula is C12H20F2N4O. The molecular weight excluding hydrogens is 254 g/mol. The van der Waals surface area contributed by atoms with Gasteiger partial charge in [0.1, 0.15) is 0 Å². The minimum absolute atomic E-state index is 0.102. The van der Waals surface area contributed by atoms with Crippen molar-refractivity contribution in [2.75, 3.05) is 17.3 Å². The van der Waals surface area contributed by atoms with Gasteiger partial charge in [0.15, 0.2) is 23.3 Å². The van der Waals surface area contributed by atoms with E-state index >= 15 is 0 Å². The molecule has 1 heterocycles. The third kappa shape index (κ3) is 4.60. The Kier molecular flexibility index (Phi) is 5.02. The molecule has 0 aromatic carbocycles. The summed E-state index contributed by atoms with van der Waals surface area (Å²) in [6.45, 7) is 5.69. The number of hydrazine groups is 1. The lowest BCUT2D eigenvalue weighted by Crippen LogP contribution is -2.35. The summed E-state index contributed by atoms with van der Waals surface area (Å²) < 4.78 is 26.6. The van der Waals surface area contributed by atoms with Crippen LogP contribution in [0.1, 0.15) is 27.2 Å². The number of rotatable bonds is 6. The number of nitrogen functional groups attached to an aromatic ring is 1. The molecule has 0 amide bonds. The Morgan fingerprint density at radius 2 is 1.95 bits per heavy atom. The van der Waals surface area contributed by atoms with Crippen LogP contribution in [0.3, 0.4) is 0 Å². The quantitative estimate of drug-likeness (QED) is 0.470. The Morgan fingerprint density at radius 3 is 2.47 bits per heavy atom. The summed E-state index contributed by atoms with van der Waals surface area (Å²) in [5.41, 5.74) is 1.03. The third-order valence-electron chi connectivity index (χ3n) is 2.55. The summed E-state index contributed by atoms with van der Waals surface area (Å²) in [5.74, 6) is 3.24. The molecule has 0 fully saturated rings. The Labute approximate surface area is 111 Å². The Bertz CT molecular complexity index is 438. The molecule has 0 bridgehead atoms. The van der Waals surface area contributed by atoms with E-state index in [1.165, 1.54) is 0 Å². The van der Waals surface area contributed by atoms with Gasteiger partial charge in [0, 0.05) is 12.6 Å².